The Balaban J connectivity index is 1.01. The number of piperazine rings is 1. The summed E-state index contributed by atoms with van der Waals surface area (Å²) in [5.74, 6) is 0.305. The zero-order chi connectivity index (χ0) is 35.0. The molecule has 2 atom stereocenters. The first kappa shape index (κ1) is 31.4. The molecule has 4 aliphatic rings. The van der Waals surface area contributed by atoms with Crippen molar-refractivity contribution in [3.8, 4) is 22.9 Å². The number of ether oxygens (including phenoxy) is 1. The number of hydrogen-bond acceptors (Lipinski definition) is 8. The van der Waals surface area contributed by atoms with Crippen LogP contribution < -0.4 is 9.64 Å². The Kier molecular flexibility index (Phi) is 7.35. The molecule has 6 heterocycles. The average Bonchev–Trinajstić information content (AvgIpc) is 3.92. The number of aromatic amines is 1. The standard InChI is InChI=1S/C41H40FN7O3/c42-37-30(33-20-28(50)19-25-7-1-2-8-29(25)33)13-14-32-38(37)43-40(52-24-41-15-5-17-48(41)18-6-16-41)44-39(32)47-22-26-11-12-27(23-47)49(26)36(51)21-35-31-9-3-4-10-34(31)45-46-35/h1-4,7-10,13-14,19-20,26-27,50H,5-6,11-12,15-18,21-24H2,(H,45,46). The predicted octanol–water partition coefficient (Wildman–Crippen LogP) is 6.60. The third kappa shape index (κ3) is 5.08. The van der Waals surface area contributed by atoms with E-state index in [4.69, 9.17) is 14.7 Å². The van der Waals surface area contributed by atoms with Crippen LogP contribution in [-0.4, -0.2) is 91.4 Å². The molecule has 1 amide bonds. The number of phenols is 1. The normalized spacial score (nSPS) is 21.1. The van der Waals surface area contributed by atoms with Crippen molar-refractivity contribution in [2.24, 2.45) is 0 Å². The summed E-state index contributed by atoms with van der Waals surface area (Å²) in [5.41, 5.74) is 2.80. The maximum Gasteiger partial charge on any atom is 0.319 e. The van der Waals surface area contributed by atoms with Gasteiger partial charge >= 0.3 is 6.01 Å². The van der Waals surface area contributed by atoms with E-state index in [1.54, 1.807) is 18.2 Å². The van der Waals surface area contributed by atoms with Crippen molar-refractivity contribution in [3.63, 3.8) is 0 Å². The number of fused-ring (bicyclic) bond motifs is 6. The highest BCUT2D eigenvalue weighted by Crippen LogP contribution is 2.42. The molecule has 0 saturated carbocycles. The largest absolute Gasteiger partial charge is 0.508 e. The van der Waals surface area contributed by atoms with E-state index in [9.17, 15) is 9.90 Å². The van der Waals surface area contributed by atoms with Gasteiger partial charge < -0.3 is 19.6 Å². The molecule has 0 aliphatic carbocycles. The Morgan fingerprint density at radius 2 is 1.65 bits per heavy atom. The number of para-hydroxylation sites is 1. The molecule has 0 radical (unpaired) electrons. The zero-order valence-electron chi connectivity index (χ0n) is 28.9. The molecule has 0 spiro atoms. The smallest absolute Gasteiger partial charge is 0.319 e. The van der Waals surface area contributed by atoms with Crippen molar-refractivity contribution in [2.75, 3.05) is 37.7 Å². The molecule has 2 bridgehead atoms. The highest BCUT2D eigenvalue weighted by atomic mass is 19.1. The van der Waals surface area contributed by atoms with E-state index >= 15 is 4.39 Å². The molecule has 4 saturated heterocycles. The fourth-order valence-electron chi connectivity index (χ4n) is 9.69. The first-order valence-corrected chi connectivity index (χ1v) is 18.5. The number of aromatic hydroxyl groups is 1. The lowest BCUT2D eigenvalue weighted by Gasteiger charge is -2.42. The number of carbonyl (C=O) groups is 1. The van der Waals surface area contributed by atoms with Crippen LogP contribution >= 0.6 is 0 Å². The van der Waals surface area contributed by atoms with Crippen molar-refractivity contribution >= 4 is 44.3 Å². The first-order chi connectivity index (χ1) is 25.4. The number of carbonyl (C=O) groups excluding carboxylic acids is 1. The second-order valence-corrected chi connectivity index (χ2v) is 15.1. The molecule has 2 N–H and O–H groups in total. The van der Waals surface area contributed by atoms with Crippen LogP contribution in [0, 0.1) is 5.82 Å². The lowest BCUT2D eigenvalue weighted by atomic mass is 9.95. The highest BCUT2D eigenvalue weighted by Gasteiger charge is 2.46. The van der Waals surface area contributed by atoms with Gasteiger partial charge in [-0.05, 0) is 92.2 Å². The minimum Gasteiger partial charge on any atom is -0.508 e. The molecular weight excluding hydrogens is 657 g/mol. The summed E-state index contributed by atoms with van der Waals surface area (Å²) in [6, 6.07) is 22.7. The Hall–Kier alpha value is -5.29. The van der Waals surface area contributed by atoms with Gasteiger partial charge in [-0.3, -0.25) is 14.8 Å². The van der Waals surface area contributed by atoms with E-state index in [0.717, 1.165) is 79.0 Å². The van der Waals surface area contributed by atoms with Crippen molar-refractivity contribution in [1.29, 1.82) is 0 Å². The first-order valence-electron chi connectivity index (χ1n) is 18.5. The third-order valence-electron chi connectivity index (χ3n) is 12.1. The molecule has 264 valence electrons. The van der Waals surface area contributed by atoms with Gasteiger partial charge in [-0.2, -0.15) is 15.1 Å². The number of benzene rings is 4. The molecule has 4 aromatic carbocycles. The van der Waals surface area contributed by atoms with E-state index in [-0.39, 0.29) is 47.2 Å². The maximum atomic E-state index is 17.0. The van der Waals surface area contributed by atoms with Crippen molar-refractivity contribution in [2.45, 2.75) is 62.6 Å². The van der Waals surface area contributed by atoms with Crippen LogP contribution in [0.3, 0.4) is 0 Å². The Bertz CT molecular complexity index is 2350. The Morgan fingerprint density at radius 3 is 2.46 bits per heavy atom. The number of rotatable bonds is 7. The number of halogens is 1. The molecule has 6 aromatic rings. The van der Waals surface area contributed by atoms with Gasteiger partial charge in [0.15, 0.2) is 5.82 Å². The van der Waals surface area contributed by atoms with Gasteiger partial charge in [-0.15, -0.1) is 0 Å². The van der Waals surface area contributed by atoms with Crippen LogP contribution in [0.5, 0.6) is 11.8 Å². The number of anilines is 1. The number of aromatic nitrogens is 4. The summed E-state index contributed by atoms with van der Waals surface area (Å²) >= 11 is 0. The van der Waals surface area contributed by atoms with Gasteiger partial charge in [0.2, 0.25) is 5.91 Å². The van der Waals surface area contributed by atoms with Gasteiger partial charge in [0.25, 0.3) is 0 Å². The summed E-state index contributed by atoms with van der Waals surface area (Å²) in [7, 11) is 0. The van der Waals surface area contributed by atoms with Crippen molar-refractivity contribution in [3.05, 3.63) is 84.3 Å². The number of nitrogens with one attached hydrogen (secondary N) is 1. The fourth-order valence-corrected chi connectivity index (χ4v) is 9.69. The van der Waals surface area contributed by atoms with Crippen LogP contribution in [0.2, 0.25) is 0 Å². The molecule has 10 nitrogen and oxygen atoms in total. The third-order valence-corrected chi connectivity index (χ3v) is 12.1. The Morgan fingerprint density at radius 1 is 0.904 bits per heavy atom. The topological polar surface area (TPSA) is 111 Å². The second-order valence-electron chi connectivity index (χ2n) is 15.1. The summed E-state index contributed by atoms with van der Waals surface area (Å²) in [6.07, 6.45) is 6.48. The quantitative estimate of drug-likeness (QED) is 0.192. The monoisotopic (exact) mass is 697 g/mol. The maximum absolute atomic E-state index is 17.0. The van der Waals surface area contributed by atoms with Crippen molar-refractivity contribution < 1.29 is 19.0 Å². The molecule has 2 unspecified atom stereocenters. The highest BCUT2D eigenvalue weighted by molar-refractivity contribution is 6.01. The number of phenolic OH excluding ortho intramolecular Hbond substituents is 1. The summed E-state index contributed by atoms with van der Waals surface area (Å²) in [6.45, 7) is 3.77. The number of hydrogen-bond donors (Lipinski definition) is 2. The predicted molar refractivity (Wildman–Crippen MR) is 198 cm³/mol. The molecule has 2 aromatic heterocycles. The summed E-state index contributed by atoms with van der Waals surface area (Å²) < 4.78 is 23.5. The molecular formula is C41H40FN7O3. The number of nitrogens with zero attached hydrogens (tertiary/aromatic N) is 6. The number of amides is 1. The van der Waals surface area contributed by atoms with Crippen molar-refractivity contribution in [1.82, 2.24) is 30.0 Å². The molecule has 52 heavy (non-hydrogen) atoms. The van der Waals surface area contributed by atoms with Gasteiger partial charge in [0.05, 0.1) is 23.2 Å². The average molecular weight is 698 g/mol. The summed E-state index contributed by atoms with van der Waals surface area (Å²) in [5, 5.41) is 21.3. The van der Waals surface area contributed by atoms with E-state index in [2.05, 4.69) is 24.9 Å². The lowest BCUT2D eigenvalue weighted by Crippen LogP contribution is -2.56. The van der Waals surface area contributed by atoms with E-state index in [1.807, 2.05) is 54.6 Å². The van der Waals surface area contributed by atoms with Gasteiger partial charge in [0, 0.05) is 41.5 Å². The van der Waals surface area contributed by atoms with Crippen LogP contribution in [-0.2, 0) is 11.2 Å². The van der Waals surface area contributed by atoms with E-state index in [0.29, 0.717) is 42.0 Å². The van der Waals surface area contributed by atoms with Crippen LogP contribution in [0.1, 0.15) is 44.2 Å². The van der Waals surface area contributed by atoms with E-state index in [1.165, 1.54) is 0 Å². The zero-order valence-corrected chi connectivity index (χ0v) is 28.9. The van der Waals surface area contributed by atoms with Crippen LogP contribution in [0.25, 0.3) is 43.7 Å². The SMILES string of the molecule is O=C(Cc1[nH]nc2ccccc12)N1C2CCC1CN(c1nc(OCC34CCCN3CCC4)nc3c(F)c(-c4cc(O)cc5ccccc45)ccc13)C2. The minimum atomic E-state index is -0.480. The van der Waals surface area contributed by atoms with Crippen LogP contribution in [0.4, 0.5) is 10.2 Å². The minimum absolute atomic E-state index is 0.00187. The van der Waals surface area contributed by atoms with E-state index < -0.39 is 5.82 Å². The Labute approximate surface area is 300 Å². The fraction of sp³-hybridized carbons (Fsp3) is 0.366. The molecule has 4 fully saturated rings. The van der Waals surface area contributed by atoms with Crippen LogP contribution in [0.15, 0.2) is 72.8 Å². The molecule has 11 heteroatoms. The van der Waals surface area contributed by atoms with Gasteiger partial charge in [-0.25, -0.2) is 4.39 Å². The molecule has 4 aliphatic heterocycles. The number of H-pyrrole nitrogens is 1. The molecule has 10 rings (SSSR count). The lowest BCUT2D eigenvalue weighted by molar-refractivity contribution is -0.133. The van der Waals surface area contributed by atoms with Gasteiger partial charge in [0.1, 0.15) is 23.7 Å². The van der Waals surface area contributed by atoms with Gasteiger partial charge in [-0.1, -0.05) is 48.5 Å². The second kappa shape index (κ2) is 12.2. The summed E-state index contributed by atoms with van der Waals surface area (Å²) in [4.78, 5) is 30.4.